The molecule has 0 radical (unpaired) electrons. The minimum absolute atomic E-state index is 0.206. The van der Waals surface area contributed by atoms with Crippen molar-refractivity contribution >= 4 is 33.1 Å². The summed E-state index contributed by atoms with van der Waals surface area (Å²) in [7, 11) is 0. The van der Waals surface area contributed by atoms with Crippen LogP contribution in [0, 0.1) is 12.3 Å². The molecule has 1 aromatic heterocycles. The van der Waals surface area contributed by atoms with Gasteiger partial charge in [0, 0.05) is 28.5 Å². The molecule has 0 aliphatic carbocycles. The Morgan fingerprint density at radius 3 is 2.09 bits per heavy atom. The molecular formula is C27H18ClNO3. The topological polar surface area (TPSA) is 44.5 Å². The molecule has 156 valence electrons. The summed E-state index contributed by atoms with van der Waals surface area (Å²) < 4.78 is 16.9. The Morgan fingerprint density at radius 1 is 0.812 bits per heavy atom. The van der Waals surface area contributed by atoms with Crippen molar-refractivity contribution in [2.45, 2.75) is 6.61 Å². The third-order valence-electron chi connectivity index (χ3n) is 5.19. The van der Waals surface area contributed by atoms with Gasteiger partial charge in [-0.15, -0.1) is 6.42 Å². The fraction of sp³-hybridized carbons (Fsp3) is 0.0741. The normalized spacial score (nSPS) is 10.9. The smallest absolute Gasteiger partial charge is 0.174 e. The number of terminal acetylenes is 1. The maximum absolute atomic E-state index is 6.72. The SMILES string of the molecule is C#CCOc1cccc(OCc2cc(-c3c4ccccc4c(Cl)c4ccccc34)no2)c1. The Kier molecular flexibility index (Phi) is 5.41. The summed E-state index contributed by atoms with van der Waals surface area (Å²) in [4.78, 5) is 0. The highest BCUT2D eigenvalue weighted by atomic mass is 35.5. The van der Waals surface area contributed by atoms with Crippen molar-refractivity contribution in [3.8, 4) is 35.1 Å². The maximum Gasteiger partial charge on any atom is 0.174 e. The Morgan fingerprint density at radius 2 is 1.44 bits per heavy atom. The van der Waals surface area contributed by atoms with Gasteiger partial charge in [-0.05, 0) is 22.9 Å². The molecule has 5 aromatic rings. The minimum Gasteiger partial charge on any atom is -0.485 e. The lowest BCUT2D eigenvalue weighted by atomic mass is 9.94. The lowest BCUT2D eigenvalue weighted by Gasteiger charge is -2.11. The lowest BCUT2D eigenvalue weighted by Crippen LogP contribution is -1.96. The van der Waals surface area contributed by atoms with Crippen LogP contribution in [0.15, 0.2) is 83.4 Å². The monoisotopic (exact) mass is 439 g/mol. The van der Waals surface area contributed by atoms with Crippen LogP contribution in [0.3, 0.4) is 0 Å². The first-order valence-electron chi connectivity index (χ1n) is 10.1. The number of hydrogen-bond donors (Lipinski definition) is 0. The number of hydrogen-bond acceptors (Lipinski definition) is 4. The molecule has 0 saturated carbocycles. The number of nitrogens with zero attached hydrogens (tertiary/aromatic N) is 1. The average molecular weight is 440 g/mol. The molecule has 0 unspecified atom stereocenters. The van der Waals surface area contributed by atoms with Gasteiger partial charge in [0.1, 0.15) is 30.4 Å². The summed E-state index contributed by atoms with van der Waals surface area (Å²) >= 11 is 6.72. The van der Waals surface area contributed by atoms with E-state index in [2.05, 4.69) is 23.2 Å². The van der Waals surface area contributed by atoms with Crippen molar-refractivity contribution in [3.63, 3.8) is 0 Å². The molecule has 0 N–H and O–H groups in total. The van der Waals surface area contributed by atoms with Gasteiger partial charge >= 0.3 is 0 Å². The molecule has 5 rings (SSSR count). The Bertz CT molecular complexity index is 1410. The molecule has 1 heterocycles. The summed E-state index contributed by atoms with van der Waals surface area (Å²) in [5.41, 5.74) is 1.72. The van der Waals surface area contributed by atoms with E-state index in [1.807, 2.05) is 60.7 Å². The van der Waals surface area contributed by atoms with Crippen LogP contribution in [0.2, 0.25) is 5.02 Å². The molecule has 32 heavy (non-hydrogen) atoms. The number of rotatable bonds is 6. The summed E-state index contributed by atoms with van der Waals surface area (Å²) in [5.74, 6) is 4.36. The fourth-order valence-corrected chi connectivity index (χ4v) is 4.11. The molecule has 0 bridgehead atoms. The molecule has 4 aromatic carbocycles. The van der Waals surface area contributed by atoms with Crippen LogP contribution in [0.4, 0.5) is 0 Å². The molecule has 0 aliphatic heterocycles. The van der Waals surface area contributed by atoms with Crippen LogP contribution in [0.25, 0.3) is 32.8 Å². The van der Waals surface area contributed by atoms with E-state index in [0.717, 1.165) is 37.8 Å². The first-order valence-corrected chi connectivity index (χ1v) is 10.5. The summed E-state index contributed by atoms with van der Waals surface area (Å²) in [6.07, 6.45) is 5.24. The zero-order valence-electron chi connectivity index (χ0n) is 17.0. The molecular weight excluding hydrogens is 422 g/mol. The second-order valence-electron chi connectivity index (χ2n) is 7.21. The van der Waals surface area contributed by atoms with Crippen LogP contribution in [0.1, 0.15) is 5.76 Å². The van der Waals surface area contributed by atoms with Gasteiger partial charge in [-0.2, -0.15) is 0 Å². The Labute approximate surface area is 190 Å². The maximum atomic E-state index is 6.72. The number of fused-ring (bicyclic) bond motifs is 2. The lowest BCUT2D eigenvalue weighted by molar-refractivity contribution is 0.248. The average Bonchev–Trinajstić information content (AvgIpc) is 3.31. The zero-order valence-corrected chi connectivity index (χ0v) is 17.8. The predicted molar refractivity (Wildman–Crippen MR) is 127 cm³/mol. The number of ether oxygens (including phenoxy) is 2. The first-order chi connectivity index (χ1) is 15.7. The Balaban J connectivity index is 1.48. The summed E-state index contributed by atoms with van der Waals surface area (Å²) in [6.45, 7) is 0.437. The van der Waals surface area contributed by atoms with Crippen molar-refractivity contribution in [3.05, 3.63) is 89.6 Å². The van der Waals surface area contributed by atoms with Gasteiger partial charge in [-0.3, -0.25) is 0 Å². The van der Waals surface area contributed by atoms with Crippen LogP contribution in [0.5, 0.6) is 11.5 Å². The van der Waals surface area contributed by atoms with Gasteiger partial charge in [0.05, 0.1) is 5.02 Å². The minimum atomic E-state index is 0.206. The summed E-state index contributed by atoms with van der Waals surface area (Å²) in [5, 5.41) is 9.08. The number of benzene rings is 4. The van der Waals surface area contributed by atoms with Crippen LogP contribution >= 0.6 is 11.6 Å². The fourth-order valence-electron chi connectivity index (χ4n) is 3.78. The second-order valence-corrected chi connectivity index (χ2v) is 7.59. The highest BCUT2D eigenvalue weighted by Gasteiger charge is 2.17. The molecule has 0 spiro atoms. The van der Waals surface area contributed by atoms with Gasteiger partial charge in [0.25, 0.3) is 0 Å². The van der Waals surface area contributed by atoms with Gasteiger partial charge in [-0.1, -0.05) is 77.3 Å². The molecule has 0 atom stereocenters. The molecule has 0 amide bonds. The molecule has 0 saturated heterocycles. The quantitative estimate of drug-likeness (QED) is 0.213. The van der Waals surface area contributed by atoms with Crippen molar-refractivity contribution in [2.24, 2.45) is 0 Å². The van der Waals surface area contributed by atoms with Gasteiger partial charge in [0.15, 0.2) is 5.76 Å². The predicted octanol–water partition coefficient (Wildman–Crippen LogP) is 6.89. The van der Waals surface area contributed by atoms with Crippen molar-refractivity contribution in [2.75, 3.05) is 6.61 Å². The van der Waals surface area contributed by atoms with E-state index in [1.54, 1.807) is 6.07 Å². The Hall–Kier alpha value is -3.94. The van der Waals surface area contributed by atoms with Gasteiger partial charge in [-0.25, -0.2) is 0 Å². The van der Waals surface area contributed by atoms with Crippen LogP contribution < -0.4 is 9.47 Å². The highest BCUT2D eigenvalue weighted by Crippen LogP contribution is 2.41. The van der Waals surface area contributed by atoms with Crippen molar-refractivity contribution < 1.29 is 14.0 Å². The molecule has 0 aliphatic rings. The van der Waals surface area contributed by atoms with Crippen molar-refractivity contribution in [1.82, 2.24) is 5.16 Å². The number of halogens is 1. The van der Waals surface area contributed by atoms with E-state index in [4.69, 9.17) is 32.0 Å². The third kappa shape index (κ3) is 3.75. The van der Waals surface area contributed by atoms with Crippen LogP contribution in [-0.4, -0.2) is 11.8 Å². The third-order valence-corrected chi connectivity index (χ3v) is 5.60. The molecule has 0 fully saturated rings. The largest absolute Gasteiger partial charge is 0.485 e. The van der Waals surface area contributed by atoms with Gasteiger partial charge < -0.3 is 14.0 Å². The highest BCUT2D eigenvalue weighted by molar-refractivity contribution is 6.42. The van der Waals surface area contributed by atoms with E-state index in [-0.39, 0.29) is 13.2 Å². The van der Waals surface area contributed by atoms with E-state index in [9.17, 15) is 0 Å². The van der Waals surface area contributed by atoms with Gasteiger partial charge in [0.2, 0.25) is 0 Å². The molecule has 5 heteroatoms. The summed E-state index contributed by atoms with van der Waals surface area (Å²) in [6, 6.07) is 25.3. The second kappa shape index (κ2) is 8.66. The standard InChI is InChI=1S/C27H18ClNO3/c1-2-14-30-18-8-7-9-19(15-18)31-17-20-16-25(29-32-20)26-21-10-3-5-12-23(21)27(28)24-13-6-4-11-22(24)26/h1,3-13,15-16H,14,17H2. The van der Waals surface area contributed by atoms with E-state index in [1.165, 1.54) is 0 Å². The van der Waals surface area contributed by atoms with E-state index in [0.29, 0.717) is 17.3 Å². The number of aromatic nitrogens is 1. The van der Waals surface area contributed by atoms with E-state index < -0.39 is 0 Å². The van der Waals surface area contributed by atoms with E-state index >= 15 is 0 Å². The van der Waals surface area contributed by atoms with Crippen LogP contribution in [-0.2, 0) is 6.61 Å². The first kappa shape index (κ1) is 20.0. The molecule has 4 nitrogen and oxygen atoms in total. The zero-order chi connectivity index (χ0) is 21.9. The van der Waals surface area contributed by atoms with Crippen molar-refractivity contribution in [1.29, 1.82) is 0 Å².